The van der Waals surface area contributed by atoms with Crippen LogP contribution in [-0.4, -0.2) is 32.0 Å². The summed E-state index contributed by atoms with van der Waals surface area (Å²) >= 11 is 6.16. The lowest BCUT2D eigenvalue weighted by Gasteiger charge is -2.24. The van der Waals surface area contributed by atoms with Gasteiger partial charge in [0.25, 0.3) is 5.91 Å². The summed E-state index contributed by atoms with van der Waals surface area (Å²) in [6, 6.07) is 12.1. The molecule has 0 aliphatic carbocycles. The Morgan fingerprint density at radius 2 is 1.89 bits per heavy atom. The average molecular weight is 405 g/mol. The summed E-state index contributed by atoms with van der Waals surface area (Å²) in [7, 11) is -3.76. The fraction of sp³-hybridized carbons (Fsp3) is 0.263. The van der Waals surface area contributed by atoms with E-state index in [1.165, 1.54) is 12.1 Å². The van der Waals surface area contributed by atoms with E-state index >= 15 is 0 Å². The molecule has 2 heterocycles. The van der Waals surface area contributed by atoms with E-state index in [0.717, 1.165) is 17.7 Å². The number of amides is 2. The van der Waals surface area contributed by atoms with E-state index < -0.39 is 15.9 Å². The van der Waals surface area contributed by atoms with Crippen molar-refractivity contribution in [1.29, 1.82) is 0 Å². The number of anilines is 2. The number of benzene rings is 2. The second kappa shape index (κ2) is 6.35. The van der Waals surface area contributed by atoms with Crippen LogP contribution in [-0.2, 0) is 21.2 Å². The maximum Gasteiger partial charge on any atom is 0.258 e. The molecule has 2 amide bonds. The molecule has 2 aromatic rings. The largest absolute Gasteiger partial charge is 0.305 e. The molecular formula is C19H17ClN2O4S. The molecule has 0 radical (unpaired) electrons. The van der Waals surface area contributed by atoms with Crippen LogP contribution in [0.15, 0.2) is 42.5 Å². The molecule has 0 N–H and O–H groups in total. The van der Waals surface area contributed by atoms with Gasteiger partial charge in [-0.05, 0) is 43.2 Å². The van der Waals surface area contributed by atoms with E-state index in [4.69, 9.17) is 11.6 Å². The van der Waals surface area contributed by atoms with Crippen LogP contribution in [0, 0.1) is 0 Å². The minimum Gasteiger partial charge on any atom is -0.305 e. The van der Waals surface area contributed by atoms with Gasteiger partial charge in [-0.1, -0.05) is 29.8 Å². The molecule has 0 spiro atoms. The zero-order chi connectivity index (χ0) is 19.3. The molecule has 0 aromatic heterocycles. The van der Waals surface area contributed by atoms with Gasteiger partial charge in [0.1, 0.15) is 0 Å². The number of halogens is 1. The third-order valence-electron chi connectivity index (χ3n) is 4.92. The highest BCUT2D eigenvalue weighted by Crippen LogP contribution is 2.36. The number of fused-ring (bicyclic) bond motifs is 1. The maximum absolute atomic E-state index is 13.2. The van der Waals surface area contributed by atoms with E-state index in [-0.39, 0.29) is 40.4 Å². The van der Waals surface area contributed by atoms with Crippen molar-refractivity contribution in [2.45, 2.75) is 25.8 Å². The highest BCUT2D eigenvalue weighted by molar-refractivity contribution is 7.94. The minimum atomic E-state index is -3.76. The predicted molar refractivity (Wildman–Crippen MR) is 104 cm³/mol. The zero-order valence-corrected chi connectivity index (χ0v) is 16.1. The van der Waals surface area contributed by atoms with Gasteiger partial charge in [-0.2, -0.15) is 0 Å². The lowest BCUT2D eigenvalue weighted by Crippen LogP contribution is -2.36. The first-order valence-electron chi connectivity index (χ1n) is 8.56. The van der Waals surface area contributed by atoms with Crippen molar-refractivity contribution in [2.24, 2.45) is 0 Å². The van der Waals surface area contributed by atoms with Crippen molar-refractivity contribution in [1.82, 2.24) is 0 Å². The Labute approximate surface area is 162 Å². The van der Waals surface area contributed by atoms with Crippen LogP contribution < -0.4 is 9.21 Å². The first-order chi connectivity index (χ1) is 12.8. The molecule has 1 saturated heterocycles. The average Bonchev–Trinajstić information content (AvgIpc) is 3.10. The van der Waals surface area contributed by atoms with Gasteiger partial charge in [0.15, 0.2) is 0 Å². The van der Waals surface area contributed by atoms with Gasteiger partial charge in [0, 0.05) is 23.7 Å². The molecule has 2 aliphatic rings. The van der Waals surface area contributed by atoms with Crippen LogP contribution in [0.2, 0.25) is 5.02 Å². The van der Waals surface area contributed by atoms with Crippen LogP contribution in [0.4, 0.5) is 11.4 Å². The molecule has 6 nitrogen and oxygen atoms in total. The van der Waals surface area contributed by atoms with Crippen molar-refractivity contribution in [3.8, 4) is 0 Å². The van der Waals surface area contributed by atoms with Gasteiger partial charge in [-0.25, -0.2) is 12.7 Å². The fourth-order valence-electron chi connectivity index (χ4n) is 3.66. The number of hydrogen-bond acceptors (Lipinski definition) is 4. The molecule has 8 heteroatoms. The van der Waals surface area contributed by atoms with Gasteiger partial charge in [-0.3, -0.25) is 9.59 Å². The van der Waals surface area contributed by atoms with Gasteiger partial charge in [0.05, 0.1) is 16.5 Å². The summed E-state index contributed by atoms with van der Waals surface area (Å²) in [4.78, 5) is 27.0. The molecule has 1 fully saturated rings. The van der Waals surface area contributed by atoms with E-state index in [0.29, 0.717) is 4.31 Å². The Bertz CT molecular complexity index is 1070. The SMILES string of the molecule is CC1Cc2ccccc2N1C(=O)c1ccc(Cl)c(N2C(=O)CCS2(=O)=O)c1. The van der Waals surface area contributed by atoms with Crippen molar-refractivity contribution in [3.05, 3.63) is 58.6 Å². The molecule has 2 aromatic carbocycles. The Morgan fingerprint density at radius 1 is 1.15 bits per heavy atom. The topological polar surface area (TPSA) is 74.8 Å². The highest BCUT2D eigenvalue weighted by atomic mass is 35.5. The monoisotopic (exact) mass is 404 g/mol. The summed E-state index contributed by atoms with van der Waals surface area (Å²) < 4.78 is 25.2. The van der Waals surface area contributed by atoms with E-state index in [1.807, 2.05) is 31.2 Å². The third kappa shape index (κ3) is 2.91. The quantitative estimate of drug-likeness (QED) is 0.771. The van der Waals surface area contributed by atoms with Gasteiger partial charge in [0.2, 0.25) is 15.9 Å². The minimum absolute atomic E-state index is 0.0221. The van der Waals surface area contributed by atoms with Crippen molar-refractivity contribution < 1.29 is 18.0 Å². The number of rotatable bonds is 2. The number of carbonyl (C=O) groups is 2. The molecule has 4 rings (SSSR count). The summed E-state index contributed by atoms with van der Waals surface area (Å²) in [6.07, 6.45) is 0.661. The van der Waals surface area contributed by atoms with Crippen molar-refractivity contribution >= 4 is 44.8 Å². The van der Waals surface area contributed by atoms with E-state index in [1.54, 1.807) is 11.0 Å². The lowest BCUT2D eigenvalue weighted by molar-refractivity contribution is -0.116. The highest BCUT2D eigenvalue weighted by Gasteiger charge is 2.38. The normalized spacial score (nSPS) is 20.8. The second-order valence-corrected chi connectivity index (χ2v) is 9.09. The first-order valence-corrected chi connectivity index (χ1v) is 10.5. The molecule has 0 saturated carbocycles. The summed E-state index contributed by atoms with van der Waals surface area (Å²) in [5.74, 6) is -1.05. The number of carbonyl (C=O) groups excluding carboxylic acids is 2. The number of sulfonamides is 1. The van der Waals surface area contributed by atoms with Crippen LogP contribution >= 0.6 is 11.6 Å². The van der Waals surface area contributed by atoms with Crippen molar-refractivity contribution in [3.63, 3.8) is 0 Å². The Morgan fingerprint density at radius 3 is 2.59 bits per heavy atom. The lowest BCUT2D eigenvalue weighted by atomic mass is 10.1. The van der Waals surface area contributed by atoms with Crippen LogP contribution in [0.5, 0.6) is 0 Å². The summed E-state index contributed by atoms with van der Waals surface area (Å²) in [5, 5.41) is 0.111. The van der Waals surface area contributed by atoms with Gasteiger partial charge in [-0.15, -0.1) is 0 Å². The van der Waals surface area contributed by atoms with Crippen LogP contribution in [0.1, 0.15) is 29.3 Å². The maximum atomic E-state index is 13.2. The zero-order valence-electron chi connectivity index (χ0n) is 14.6. The molecule has 1 atom stereocenters. The van der Waals surface area contributed by atoms with E-state index in [9.17, 15) is 18.0 Å². The first kappa shape index (κ1) is 18.0. The number of nitrogens with zero attached hydrogens (tertiary/aromatic N) is 2. The molecule has 140 valence electrons. The third-order valence-corrected chi connectivity index (χ3v) is 6.91. The molecule has 0 bridgehead atoms. The number of para-hydroxylation sites is 1. The second-order valence-electron chi connectivity index (χ2n) is 6.75. The fourth-order valence-corrected chi connectivity index (χ4v) is 5.38. The van der Waals surface area contributed by atoms with Crippen LogP contribution in [0.25, 0.3) is 0 Å². The molecule has 2 aliphatic heterocycles. The smallest absolute Gasteiger partial charge is 0.258 e. The Hall–Kier alpha value is -2.38. The predicted octanol–water partition coefficient (Wildman–Crippen LogP) is 3.00. The Kier molecular flexibility index (Phi) is 4.24. The standard InChI is InChI=1S/C19H17ClN2O4S/c1-12-10-13-4-2-3-5-16(13)21(12)19(24)14-6-7-15(20)17(11-14)22-18(23)8-9-27(22,25)26/h2-7,11-12H,8-10H2,1H3. The van der Waals surface area contributed by atoms with Gasteiger partial charge < -0.3 is 4.90 Å². The molecule has 1 unspecified atom stereocenters. The van der Waals surface area contributed by atoms with Gasteiger partial charge >= 0.3 is 0 Å². The Balaban J connectivity index is 1.76. The molecular weight excluding hydrogens is 388 g/mol. The van der Waals surface area contributed by atoms with Crippen LogP contribution in [0.3, 0.4) is 0 Å². The van der Waals surface area contributed by atoms with Crippen molar-refractivity contribution in [2.75, 3.05) is 15.0 Å². The summed E-state index contributed by atoms with van der Waals surface area (Å²) in [6.45, 7) is 1.96. The number of hydrogen-bond donors (Lipinski definition) is 0. The molecule has 27 heavy (non-hydrogen) atoms. The van der Waals surface area contributed by atoms with E-state index in [2.05, 4.69) is 0 Å². The summed E-state index contributed by atoms with van der Waals surface area (Å²) in [5.41, 5.74) is 2.25.